The van der Waals surface area contributed by atoms with Crippen molar-refractivity contribution in [3.8, 4) is 0 Å². The van der Waals surface area contributed by atoms with Gasteiger partial charge in [-0.3, -0.25) is 4.98 Å². The Labute approximate surface area is 115 Å². The van der Waals surface area contributed by atoms with Gasteiger partial charge in [0.1, 0.15) is 0 Å². The van der Waals surface area contributed by atoms with Crippen LogP contribution in [0.2, 0.25) is 0 Å². The van der Waals surface area contributed by atoms with Gasteiger partial charge >= 0.3 is 0 Å². The second-order valence-electron chi connectivity index (χ2n) is 5.06. The molecular formula is C17H22N2. The molecule has 0 aliphatic heterocycles. The fourth-order valence-electron chi connectivity index (χ4n) is 2.53. The van der Waals surface area contributed by atoms with Crippen LogP contribution >= 0.6 is 0 Å². The molecule has 1 aromatic carbocycles. The number of aryl methyl sites for hydroxylation is 2. The van der Waals surface area contributed by atoms with Crippen molar-refractivity contribution in [2.24, 2.45) is 0 Å². The molecule has 1 aromatic heterocycles. The first kappa shape index (κ1) is 13.8. The van der Waals surface area contributed by atoms with Crippen LogP contribution in [-0.2, 0) is 6.42 Å². The van der Waals surface area contributed by atoms with Crippen molar-refractivity contribution in [2.75, 3.05) is 6.54 Å². The molecule has 0 saturated heterocycles. The van der Waals surface area contributed by atoms with Gasteiger partial charge in [0.2, 0.25) is 0 Å². The van der Waals surface area contributed by atoms with Gasteiger partial charge in [0.15, 0.2) is 0 Å². The zero-order valence-corrected chi connectivity index (χ0v) is 12.0. The number of rotatable bonds is 5. The first-order chi connectivity index (χ1) is 9.19. The van der Waals surface area contributed by atoms with Crippen molar-refractivity contribution in [1.82, 2.24) is 10.3 Å². The van der Waals surface area contributed by atoms with E-state index >= 15 is 0 Å². The molecule has 0 aliphatic rings. The molecule has 1 N–H and O–H groups in total. The zero-order chi connectivity index (χ0) is 13.7. The fraction of sp³-hybridized carbons (Fsp3) is 0.353. The largest absolute Gasteiger partial charge is 0.309 e. The van der Waals surface area contributed by atoms with E-state index in [9.17, 15) is 0 Å². The molecule has 0 amide bonds. The van der Waals surface area contributed by atoms with E-state index in [0.717, 1.165) is 18.7 Å². The van der Waals surface area contributed by atoms with Crippen LogP contribution in [0, 0.1) is 13.8 Å². The lowest BCUT2D eigenvalue weighted by Crippen LogP contribution is -2.23. The number of benzene rings is 1. The minimum atomic E-state index is 0.285. The Balaban J connectivity index is 2.21. The summed E-state index contributed by atoms with van der Waals surface area (Å²) in [5, 5.41) is 3.52. The van der Waals surface area contributed by atoms with Crippen LogP contribution in [0.4, 0.5) is 0 Å². The number of nitrogens with zero attached hydrogens (tertiary/aromatic N) is 1. The van der Waals surface area contributed by atoms with E-state index in [2.05, 4.69) is 55.3 Å². The number of hydrogen-bond acceptors (Lipinski definition) is 2. The van der Waals surface area contributed by atoms with Crippen molar-refractivity contribution >= 4 is 0 Å². The average molecular weight is 254 g/mol. The van der Waals surface area contributed by atoms with Crippen LogP contribution in [-0.4, -0.2) is 11.5 Å². The van der Waals surface area contributed by atoms with Gasteiger partial charge in [-0.1, -0.05) is 42.3 Å². The molecule has 2 nitrogen and oxygen atoms in total. The molecule has 0 fully saturated rings. The second kappa shape index (κ2) is 6.48. The molecule has 1 unspecified atom stereocenters. The smallest absolute Gasteiger partial charge is 0.0576 e. The van der Waals surface area contributed by atoms with Crippen LogP contribution in [0.15, 0.2) is 42.6 Å². The zero-order valence-electron chi connectivity index (χ0n) is 12.0. The summed E-state index contributed by atoms with van der Waals surface area (Å²) >= 11 is 0. The molecule has 0 saturated carbocycles. The predicted octanol–water partition coefficient (Wildman–Crippen LogP) is 3.59. The van der Waals surface area contributed by atoms with Gasteiger partial charge in [0.25, 0.3) is 0 Å². The highest BCUT2D eigenvalue weighted by atomic mass is 14.9. The van der Waals surface area contributed by atoms with Gasteiger partial charge < -0.3 is 5.32 Å². The minimum Gasteiger partial charge on any atom is -0.309 e. The van der Waals surface area contributed by atoms with E-state index in [1.807, 2.05) is 18.3 Å². The van der Waals surface area contributed by atoms with Crippen molar-refractivity contribution in [3.05, 3.63) is 65.0 Å². The lowest BCUT2D eigenvalue weighted by atomic mass is 9.99. The Kier molecular flexibility index (Phi) is 4.69. The van der Waals surface area contributed by atoms with Gasteiger partial charge in [-0.25, -0.2) is 0 Å². The standard InChI is InChI=1S/C17H22N2/c1-4-18-17(16-7-5-6-8-19-16)12-15-10-13(2)9-14(3)11-15/h5-11,17-18H,4,12H2,1-3H3. The molecule has 100 valence electrons. The summed E-state index contributed by atoms with van der Waals surface area (Å²) in [6.07, 6.45) is 2.84. The highest BCUT2D eigenvalue weighted by molar-refractivity contribution is 5.30. The third-order valence-corrected chi connectivity index (χ3v) is 3.22. The van der Waals surface area contributed by atoms with Crippen LogP contribution in [0.3, 0.4) is 0 Å². The highest BCUT2D eigenvalue weighted by Crippen LogP contribution is 2.18. The third-order valence-electron chi connectivity index (χ3n) is 3.22. The maximum absolute atomic E-state index is 4.48. The highest BCUT2D eigenvalue weighted by Gasteiger charge is 2.12. The first-order valence-corrected chi connectivity index (χ1v) is 6.90. The molecule has 1 atom stereocenters. The Morgan fingerprint density at radius 2 is 1.84 bits per heavy atom. The van der Waals surface area contributed by atoms with E-state index in [1.165, 1.54) is 16.7 Å². The lowest BCUT2D eigenvalue weighted by molar-refractivity contribution is 0.536. The van der Waals surface area contributed by atoms with Crippen LogP contribution < -0.4 is 5.32 Å². The molecule has 0 radical (unpaired) electrons. The van der Waals surface area contributed by atoms with E-state index in [-0.39, 0.29) is 6.04 Å². The molecule has 1 heterocycles. The number of aromatic nitrogens is 1. The van der Waals surface area contributed by atoms with E-state index in [4.69, 9.17) is 0 Å². The summed E-state index contributed by atoms with van der Waals surface area (Å²) in [7, 11) is 0. The van der Waals surface area contributed by atoms with Gasteiger partial charge in [-0.15, -0.1) is 0 Å². The predicted molar refractivity (Wildman–Crippen MR) is 80.3 cm³/mol. The fourth-order valence-corrected chi connectivity index (χ4v) is 2.53. The molecule has 2 rings (SSSR count). The van der Waals surface area contributed by atoms with Crippen LogP contribution in [0.5, 0.6) is 0 Å². The maximum atomic E-state index is 4.48. The van der Waals surface area contributed by atoms with E-state index < -0.39 is 0 Å². The summed E-state index contributed by atoms with van der Waals surface area (Å²) < 4.78 is 0. The maximum Gasteiger partial charge on any atom is 0.0576 e. The summed E-state index contributed by atoms with van der Waals surface area (Å²) in [6, 6.07) is 13.1. The summed E-state index contributed by atoms with van der Waals surface area (Å²) in [5.41, 5.74) is 5.13. The molecule has 2 aromatic rings. The van der Waals surface area contributed by atoms with E-state index in [0.29, 0.717) is 0 Å². The molecule has 0 aliphatic carbocycles. The molecule has 0 spiro atoms. The second-order valence-corrected chi connectivity index (χ2v) is 5.06. The summed E-state index contributed by atoms with van der Waals surface area (Å²) in [5.74, 6) is 0. The molecular weight excluding hydrogens is 232 g/mol. The minimum absolute atomic E-state index is 0.285. The number of pyridine rings is 1. The van der Waals surface area contributed by atoms with Crippen LogP contribution in [0.25, 0.3) is 0 Å². The normalized spacial score (nSPS) is 12.4. The molecule has 2 heteroatoms. The average Bonchev–Trinajstić information content (AvgIpc) is 2.38. The van der Waals surface area contributed by atoms with Crippen LogP contribution in [0.1, 0.15) is 35.3 Å². The van der Waals surface area contributed by atoms with Crippen molar-refractivity contribution in [1.29, 1.82) is 0 Å². The Bertz CT molecular complexity index is 500. The van der Waals surface area contributed by atoms with Crippen molar-refractivity contribution in [2.45, 2.75) is 33.2 Å². The SMILES string of the molecule is CCNC(Cc1cc(C)cc(C)c1)c1ccccn1. The molecule has 19 heavy (non-hydrogen) atoms. The van der Waals surface area contributed by atoms with Gasteiger partial charge in [0.05, 0.1) is 11.7 Å². The number of nitrogens with one attached hydrogen (secondary N) is 1. The number of hydrogen-bond donors (Lipinski definition) is 1. The topological polar surface area (TPSA) is 24.9 Å². The lowest BCUT2D eigenvalue weighted by Gasteiger charge is -2.18. The Morgan fingerprint density at radius 1 is 1.11 bits per heavy atom. The van der Waals surface area contributed by atoms with Gasteiger partial charge in [-0.2, -0.15) is 0 Å². The monoisotopic (exact) mass is 254 g/mol. The van der Waals surface area contributed by atoms with Gasteiger partial charge in [-0.05, 0) is 44.5 Å². The summed E-state index contributed by atoms with van der Waals surface area (Å²) in [6.45, 7) is 7.39. The quantitative estimate of drug-likeness (QED) is 0.882. The third kappa shape index (κ3) is 3.90. The van der Waals surface area contributed by atoms with Gasteiger partial charge in [0, 0.05) is 6.20 Å². The van der Waals surface area contributed by atoms with E-state index in [1.54, 1.807) is 0 Å². The van der Waals surface area contributed by atoms with Crippen molar-refractivity contribution < 1.29 is 0 Å². The van der Waals surface area contributed by atoms with Crippen molar-refractivity contribution in [3.63, 3.8) is 0 Å². The summed E-state index contributed by atoms with van der Waals surface area (Å²) in [4.78, 5) is 4.48. The number of likely N-dealkylation sites (N-methyl/N-ethyl adjacent to an activating group) is 1. The first-order valence-electron chi connectivity index (χ1n) is 6.90. The Morgan fingerprint density at radius 3 is 2.42 bits per heavy atom. The molecule has 0 bridgehead atoms. The Hall–Kier alpha value is -1.67.